The highest BCUT2D eigenvalue weighted by atomic mass is 35.5. The summed E-state index contributed by atoms with van der Waals surface area (Å²) < 4.78 is 30.0. The topological polar surface area (TPSA) is 56.3 Å². The maximum atomic E-state index is 12.2. The number of hydrogen-bond acceptors (Lipinski definition) is 4. The summed E-state index contributed by atoms with van der Waals surface area (Å²) in [6, 6.07) is 9.80. The Balaban J connectivity index is 1.65. The highest BCUT2D eigenvalue weighted by Gasteiger charge is 2.28. The summed E-state index contributed by atoms with van der Waals surface area (Å²) >= 11 is 6.00. The van der Waals surface area contributed by atoms with E-state index in [1.807, 2.05) is 6.07 Å². The number of nitrogens with zero attached hydrogens (tertiary/aromatic N) is 1. The maximum absolute atomic E-state index is 12.2. The quantitative estimate of drug-likeness (QED) is 0.715. The second kappa shape index (κ2) is 7.34. The minimum Gasteiger partial charge on any atom is -0.486 e. The Morgan fingerprint density at radius 2 is 2.00 bits per heavy atom. The van der Waals surface area contributed by atoms with Gasteiger partial charge in [-0.15, -0.1) is 0 Å². The van der Waals surface area contributed by atoms with Gasteiger partial charge in [0.25, 0.3) is 0 Å². The molecule has 0 saturated carbocycles. The Morgan fingerprint density at radius 3 is 2.72 bits per heavy atom. The summed E-state index contributed by atoms with van der Waals surface area (Å²) in [6.45, 7) is 3.90. The molecule has 1 heterocycles. The maximum Gasteiger partial charge on any atom is 0.171 e. The van der Waals surface area contributed by atoms with Crippen LogP contribution < -0.4 is 4.74 Å². The summed E-state index contributed by atoms with van der Waals surface area (Å²) in [5.74, 6) is 0.994. The highest BCUT2D eigenvalue weighted by Crippen LogP contribution is 2.30. The highest BCUT2D eigenvalue weighted by molar-refractivity contribution is 7.91. The first kappa shape index (κ1) is 18.2. The van der Waals surface area contributed by atoms with Crippen molar-refractivity contribution in [3.05, 3.63) is 58.4 Å². The number of pyridine rings is 1. The molecule has 1 aromatic carbocycles. The van der Waals surface area contributed by atoms with Crippen LogP contribution in [0.3, 0.4) is 0 Å². The number of halogens is 1. The molecule has 1 aromatic heterocycles. The second-order valence-corrected chi connectivity index (χ2v) is 9.80. The van der Waals surface area contributed by atoms with E-state index in [0.717, 1.165) is 18.4 Å². The van der Waals surface area contributed by atoms with Crippen LogP contribution >= 0.6 is 11.6 Å². The summed E-state index contributed by atoms with van der Waals surface area (Å²) in [5.41, 5.74) is 3.51. The predicted molar refractivity (Wildman–Crippen MR) is 99.8 cm³/mol. The van der Waals surface area contributed by atoms with Crippen LogP contribution in [0.1, 0.15) is 30.5 Å². The van der Waals surface area contributed by atoms with Crippen LogP contribution in [0, 0.1) is 5.92 Å². The SMILES string of the molecule is CC(C)S(=O)(=O)C[C@H]1Cc2ccc(COc3cccnc3Cl)cc2C1. The van der Waals surface area contributed by atoms with Gasteiger partial charge >= 0.3 is 0 Å². The molecule has 134 valence electrons. The molecule has 0 radical (unpaired) electrons. The Hall–Kier alpha value is -1.59. The van der Waals surface area contributed by atoms with Gasteiger partial charge < -0.3 is 4.74 Å². The third-order valence-corrected chi connectivity index (χ3v) is 7.25. The molecule has 3 rings (SSSR count). The van der Waals surface area contributed by atoms with Gasteiger partial charge in [-0.05, 0) is 61.4 Å². The zero-order valence-corrected chi connectivity index (χ0v) is 16.0. The Bertz CT molecular complexity index is 865. The second-order valence-electron chi connectivity index (χ2n) is 6.84. The fourth-order valence-electron chi connectivity index (χ4n) is 3.13. The lowest BCUT2D eigenvalue weighted by atomic mass is 10.1. The zero-order valence-electron chi connectivity index (χ0n) is 14.4. The molecule has 1 aliphatic rings. The molecule has 0 amide bonds. The molecule has 25 heavy (non-hydrogen) atoms. The van der Waals surface area contributed by atoms with Gasteiger partial charge in [-0.1, -0.05) is 29.8 Å². The zero-order chi connectivity index (χ0) is 18.0. The molecule has 0 aliphatic heterocycles. The average Bonchev–Trinajstić information content (AvgIpc) is 2.94. The molecule has 0 unspecified atom stereocenters. The van der Waals surface area contributed by atoms with Crippen molar-refractivity contribution >= 4 is 21.4 Å². The van der Waals surface area contributed by atoms with E-state index in [0.29, 0.717) is 17.5 Å². The van der Waals surface area contributed by atoms with Gasteiger partial charge in [0.05, 0.1) is 11.0 Å². The molecule has 0 N–H and O–H groups in total. The van der Waals surface area contributed by atoms with E-state index in [4.69, 9.17) is 16.3 Å². The lowest BCUT2D eigenvalue weighted by Gasteiger charge is -2.12. The van der Waals surface area contributed by atoms with Crippen LogP contribution in [-0.4, -0.2) is 24.4 Å². The van der Waals surface area contributed by atoms with Gasteiger partial charge in [-0.3, -0.25) is 0 Å². The van der Waals surface area contributed by atoms with Crippen LogP contribution in [0.5, 0.6) is 5.75 Å². The summed E-state index contributed by atoms with van der Waals surface area (Å²) in [4.78, 5) is 3.99. The van der Waals surface area contributed by atoms with E-state index in [1.54, 1.807) is 32.2 Å². The molecule has 0 spiro atoms. The third-order valence-electron chi connectivity index (χ3n) is 4.59. The standard InChI is InChI=1S/C19H22ClNO3S/c1-13(2)25(22,23)12-15-9-16-6-5-14(8-17(16)10-15)11-24-18-4-3-7-21-19(18)20/h3-8,13,15H,9-12H2,1-2H3/t15-/m0/s1. The van der Waals surface area contributed by atoms with Crippen LogP contribution in [0.2, 0.25) is 5.15 Å². The lowest BCUT2D eigenvalue weighted by molar-refractivity contribution is 0.305. The number of benzene rings is 1. The van der Waals surface area contributed by atoms with Crippen molar-refractivity contribution in [2.75, 3.05) is 5.75 Å². The monoisotopic (exact) mass is 379 g/mol. The van der Waals surface area contributed by atoms with Crippen molar-refractivity contribution in [2.24, 2.45) is 5.92 Å². The fraction of sp³-hybridized carbons (Fsp3) is 0.421. The number of ether oxygens (including phenoxy) is 1. The van der Waals surface area contributed by atoms with Crippen LogP contribution in [-0.2, 0) is 29.3 Å². The normalized spacial score (nSPS) is 16.9. The van der Waals surface area contributed by atoms with Crippen LogP contribution in [0.25, 0.3) is 0 Å². The molecular weight excluding hydrogens is 358 g/mol. The summed E-state index contributed by atoms with van der Waals surface area (Å²) in [7, 11) is -3.01. The van der Waals surface area contributed by atoms with Gasteiger partial charge in [0.2, 0.25) is 0 Å². The molecule has 1 aliphatic carbocycles. The first-order valence-corrected chi connectivity index (χ1v) is 10.5. The van der Waals surface area contributed by atoms with Crippen molar-refractivity contribution in [3.63, 3.8) is 0 Å². The van der Waals surface area contributed by atoms with Gasteiger partial charge in [0, 0.05) is 6.20 Å². The van der Waals surface area contributed by atoms with Crippen LogP contribution in [0.15, 0.2) is 36.5 Å². The van der Waals surface area contributed by atoms with E-state index < -0.39 is 9.84 Å². The summed E-state index contributed by atoms with van der Waals surface area (Å²) in [5, 5.41) is 0.0343. The molecule has 0 saturated heterocycles. The van der Waals surface area contributed by atoms with Crippen molar-refractivity contribution in [2.45, 2.75) is 38.5 Å². The Morgan fingerprint density at radius 1 is 1.24 bits per heavy atom. The van der Waals surface area contributed by atoms with E-state index in [9.17, 15) is 8.42 Å². The molecule has 6 heteroatoms. The van der Waals surface area contributed by atoms with Crippen molar-refractivity contribution in [1.29, 1.82) is 0 Å². The largest absolute Gasteiger partial charge is 0.486 e. The smallest absolute Gasteiger partial charge is 0.171 e. The molecule has 1 atom stereocenters. The van der Waals surface area contributed by atoms with E-state index in [1.165, 1.54) is 11.1 Å². The number of rotatable bonds is 6. The first-order valence-electron chi connectivity index (χ1n) is 8.40. The van der Waals surface area contributed by atoms with Crippen LogP contribution in [0.4, 0.5) is 0 Å². The number of hydrogen-bond donors (Lipinski definition) is 0. The number of fused-ring (bicyclic) bond motifs is 1. The lowest BCUT2D eigenvalue weighted by Crippen LogP contribution is -2.23. The van der Waals surface area contributed by atoms with Crippen molar-refractivity contribution in [3.8, 4) is 5.75 Å². The Labute approximate surface area is 154 Å². The number of sulfone groups is 1. The number of aromatic nitrogens is 1. The molecule has 2 aromatic rings. The molecule has 4 nitrogen and oxygen atoms in total. The third kappa shape index (κ3) is 4.33. The van der Waals surface area contributed by atoms with E-state index in [2.05, 4.69) is 17.1 Å². The molecule has 0 fully saturated rings. The van der Waals surface area contributed by atoms with Gasteiger partial charge in [-0.2, -0.15) is 0 Å². The minimum absolute atomic E-state index is 0.173. The van der Waals surface area contributed by atoms with E-state index >= 15 is 0 Å². The van der Waals surface area contributed by atoms with Crippen molar-refractivity contribution in [1.82, 2.24) is 4.98 Å². The fourth-order valence-corrected chi connectivity index (χ4v) is 4.58. The average molecular weight is 380 g/mol. The molecule has 0 bridgehead atoms. The van der Waals surface area contributed by atoms with Gasteiger partial charge in [-0.25, -0.2) is 13.4 Å². The predicted octanol–water partition coefficient (Wildman–Crippen LogP) is 3.85. The van der Waals surface area contributed by atoms with Crippen molar-refractivity contribution < 1.29 is 13.2 Å². The van der Waals surface area contributed by atoms with Gasteiger partial charge in [0.1, 0.15) is 6.61 Å². The first-order chi connectivity index (χ1) is 11.8. The minimum atomic E-state index is -3.01. The molecular formula is C19H22ClNO3S. The van der Waals surface area contributed by atoms with Gasteiger partial charge in [0.15, 0.2) is 20.7 Å². The summed E-state index contributed by atoms with van der Waals surface area (Å²) in [6.07, 6.45) is 3.26. The van der Waals surface area contributed by atoms with E-state index in [-0.39, 0.29) is 16.9 Å². The Kier molecular flexibility index (Phi) is 5.35.